The van der Waals surface area contributed by atoms with E-state index in [1.54, 1.807) is 12.1 Å². The van der Waals surface area contributed by atoms with Gasteiger partial charge in [0, 0.05) is 23.4 Å². The Labute approximate surface area is 139 Å². The first-order valence-electron chi connectivity index (χ1n) is 6.67. The molecule has 5 nitrogen and oxygen atoms in total. The van der Waals surface area contributed by atoms with Gasteiger partial charge < -0.3 is 0 Å². The summed E-state index contributed by atoms with van der Waals surface area (Å²) in [7, 11) is -3.33. The van der Waals surface area contributed by atoms with Crippen LogP contribution in [0.4, 0.5) is 8.78 Å². The van der Waals surface area contributed by atoms with E-state index in [4.69, 9.17) is 0 Å². The van der Waals surface area contributed by atoms with E-state index < -0.39 is 21.5 Å². The molecule has 0 amide bonds. The summed E-state index contributed by atoms with van der Waals surface area (Å²) in [4.78, 5) is 12.6. The molecule has 0 saturated heterocycles. The van der Waals surface area contributed by atoms with Gasteiger partial charge in [-0.1, -0.05) is 16.6 Å². The third kappa shape index (κ3) is 3.00. The van der Waals surface area contributed by atoms with Crippen molar-refractivity contribution in [1.29, 1.82) is 0 Å². The molecule has 0 atom stereocenters. The average molecular weight is 369 g/mol. The molecule has 0 aliphatic carbocycles. The number of halogens is 2. The molecule has 0 fully saturated rings. The van der Waals surface area contributed by atoms with Gasteiger partial charge in [0.2, 0.25) is 0 Å². The molecular formula is C15H11F2N2O3S2+. The number of nitrogens with zero attached hydrogens (tertiary/aromatic N) is 1. The first-order valence-corrected chi connectivity index (χ1v) is 9.38. The predicted octanol–water partition coefficient (Wildman–Crippen LogP) is 3.01. The molecule has 0 aliphatic heterocycles. The third-order valence-corrected chi connectivity index (χ3v) is 5.41. The molecule has 1 heterocycles. The minimum Gasteiger partial charge on any atom is -0.224 e. The van der Waals surface area contributed by atoms with Crippen LogP contribution in [0.15, 0.2) is 47.4 Å². The Morgan fingerprint density at radius 2 is 1.62 bits per heavy atom. The molecule has 1 N–H and O–H groups in total. The second-order valence-corrected chi connectivity index (χ2v) is 7.90. The Kier molecular flexibility index (Phi) is 4.06. The summed E-state index contributed by atoms with van der Waals surface area (Å²) in [5.74, 6) is -2.06. The molecular weight excluding hydrogens is 358 g/mol. The second-order valence-electron chi connectivity index (χ2n) is 5.09. The van der Waals surface area contributed by atoms with E-state index in [9.17, 15) is 22.1 Å². The fourth-order valence-corrected chi connectivity index (χ4v) is 3.66. The lowest BCUT2D eigenvalue weighted by Gasteiger charge is -2.01. The van der Waals surface area contributed by atoms with Gasteiger partial charge in [-0.3, -0.25) is 0 Å². The number of H-pyrrole nitrogens is 1. The second kappa shape index (κ2) is 5.91. The van der Waals surface area contributed by atoms with E-state index in [-0.39, 0.29) is 16.2 Å². The van der Waals surface area contributed by atoms with Gasteiger partial charge in [-0.05, 0) is 30.3 Å². The SMILES string of the molecule is CS(=O)(=O)c1ccc(-c2s[nH][n+](=O)c2-c2ccc(F)c(F)c2)cc1. The molecule has 3 aromatic rings. The largest absolute Gasteiger partial charge is 0.319 e. The summed E-state index contributed by atoms with van der Waals surface area (Å²) in [6, 6.07) is 9.14. The summed E-state index contributed by atoms with van der Waals surface area (Å²) in [5, 5.41) is 0. The third-order valence-electron chi connectivity index (χ3n) is 3.39. The lowest BCUT2D eigenvalue weighted by Crippen LogP contribution is -2.17. The Bertz CT molecular complexity index is 1070. The van der Waals surface area contributed by atoms with Crippen molar-refractivity contribution in [3.8, 4) is 21.7 Å². The lowest BCUT2D eigenvalue weighted by molar-refractivity contribution is -0.542. The number of hydrogen-bond donors (Lipinski definition) is 1. The van der Waals surface area contributed by atoms with Crippen molar-refractivity contribution >= 4 is 21.4 Å². The highest BCUT2D eigenvalue weighted by atomic mass is 32.2. The van der Waals surface area contributed by atoms with Crippen LogP contribution in [0.25, 0.3) is 21.7 Å². The first-order chi connectivity index (χ1) is 11.3. The number of rotatable bonds is 3. The van der Waals surface area contributed by atoms with Crippen LogP contribution in [0.2, 0.25) is 0 Å². The molecule has 0 spiro atoms. The number of sulfone groups is 1. The lowest BCUT2D eigenvalue weighted by atomic mass is 10.1. The van der Waals surface area contributed by atoms with Gasteiger partial charge in [-0.2, -0.15) is 0 Å². The van der Waals surface area contributed by atoms with Gasteiger partial charge in [-0.25, -0.2) is 17.2 Å². The molecule has 1 aromatic heterocycles. The Balaban J connectivity index is 2.14. The van der Waals surface area contributed by atoms with Crippen LogP contribution >= 0.6 is 11.5 Å². The fraction of sp³-hybridized carbons (Fsp3) is 0.0667. The average Bonchev–Trinajstić information content (AvgIpc) is 2.91. The summed E-state index contributed by atoms with van der Waals surface area (Å²) in [5.41, 5.74) is 0.924. The van der Waals surface area contributed by atoms with Crippen LogP contribution in [0, 0.1) is 16.5 Å². The molecule has 124 valence electrons. The topological polar surface area (TPSA) is 72.9 Å². The molecule has 2 aromatic carbocycles. The number of aromatic amines is 1. The zero-order valence-electron chi connectivity index (χ0n) is 12.3. The van der Waals surface area contributed by atoms with Gasteiger partial charge >= 0.3 is 5.69 Å². The smallest absolute Gasteiger partial charge is 0.224 e. The van der Waals surface area contributed by atoms with Crippen LogP contribution in [0.1, 0.15) is 0 Å². The summed E-state index contributed by atoms with van der Waals surface area (Å²) in [6.45, 7) is 0. The number of nitrogens with one attached hydrogen (secondary N) is 1. The highest BCUT2D eigenvalue weighted by Crippen LogP contribution is 2.32. The Hall–Kier alpha value is -2.39. The molecule has 24 heavy (non-hydrogen) atoms. The van der Waals surface area contributed by atoms with E-state index in [1.807, 2.05) is 0 Å². The number of benzene rings is 2. The van der Waals surface area contributed by atoms with Crippen molar-refractivity contribution in [2.45, 2.75) is 4.90 Å². The normalized spacial score (nSPS) is 11.6. The van der Waals surface area contributed by atoms with Crippen LogP contribution in [-0.4, -0.2) is 19.2 Å². The predicted molar refractivity (Wildman–Crippen MR) is 85.9 cm³/mol. The minimum atomic E-state index is -3.33. The van der Waals surface area contributed by atoms with Crippen LogP contribution in [0.3, 0.4) is 0 Å². The zero-order chi connectivity index (χ0) is 17.5. The molecule has 0 radical (unpaired) electrons. The van der Waals surface area contributed by atoms with Gasteiger partial charge in [0.15, 0.2) is 26.0 Å². The van der Waals surface area contributed by atoms with E-state index in [0.29, 0.717) is 15.0 Å². The van der Waals surface area contributed by atoms with Gasteiger partial charge in [-0.15, -0.1) is 0 Å². The van der Waals surface area contributed by atoms with Crippen molar-refractivity contribution in [3.63, 3.8) is 0 Å². The summed E-state index contributed by atoms with van der Waals surface area (Å²) >= 11 is 1.01. The molecule has 3 rings (SSSR count). The maximum atomic E-state index is 13.5. The van der Waals surface area contributed by atoms with Crippen molar-refractivity contribution in [1.82, 2.24) is 4.49 Å². The highest BCUT2D eigenvalue weighted by Gasteiger charge is 2.24. The molecule has 0 unspecified atom stereocenters. The van der Waals surface area contributed by atoms with Crippen LogP contribution in [0.5, 0.6) is 0 Å². The molecule has 9 heteroatoms. The molecule has 0 saturated carbocycles. The summed E-state index contributed by atoms with van der Waals surface area (Å²) < 4.78 is 52.5. The fourth-order valence-electron chi connectivity index (χ4n) is 2.21. The maximum absolute atomic E-state index is 13.5. The van der Waals surface area contributed by atoms with Gasteiger partial charge in [0.25, 0.3) is 0 Å². The number of hydrogen-bond acceptors (Lipinski definition) is 4. The van der Waals surface area contributed by atoms with Crippen molar-refractivity contribution in [3.05, 3.63) is 59.0 Å². The van der Waals surface area contributed by atoms with Crippen molar-refractivity contribution in [2.24, 2.45) is 0 Å². The van der Waals surface area contributed by atoms with Gasteiger partial charge in [0.05, 0.1) is 15.4 Å². The molecule has 0 aliphatic rings. The number of aromatic nitrogens is 2. The van der Waals surface area contributed by atoms with E-state index in [2.05, 4.69) is 4.49 Å². The zero-order valence-corrected chi connectivity index (χ0v) is 13.9. The standard InChI is InChI=1S/C15H11F2N2O3S2/c1-24(21,22)11-5-2-9(3-6-11)15-14(19(20)18-23-15)10-4-7-12(16)13(17)8-10/h2-8H,1H3,(H,18,20)/q+1. The quantitative estimate of drug-likeness (QED) is 0.722. The van der Waals surface area contributed by atoms with Crippen LogP contribution < -0.4 is 4.54 Å². The first kappa shape index (κ1) is 16.5. The minimum absolute atomic E-state index is 0.131. The van der Waals surface area contributed by atoms with Crippen molar-refractivity contribution < 1.29 is 21.7 Å². The van der Waals surface area contributed by atoms with E-state index >= 15 is 0 Å². The van der Waals surface area contributed by atoms with E-state index in [0.717, 1.165) is 29.9 Å². The van der Waals surface area contributed by atoms with Crippen LogP contribution in [-0.2, 0) is 9.84 Å². The maximum Gasteiger partial charge on any atom is 0.319 e. The van der Waals surface area contributed by atoms with Gasteiger partial charge in [0.1, 0.15) is 4.88 Å². The van der Waals surface area contributed by atoms with Crippen molar-refractivity contribution in [2.75, 3.05) is 6.26 Å². The molecule has 0 bridgehead atoms. The highest BCUT2D eigenvalue weighted by molar-refractivity contribution is 7.90. The monoisotopic (exact) mass is 369 g/mol. The Morgan fingerprint density at radius 1 is 1.00 bits per heavy atom. The van der Waals surface area contributed by atoms with E-state index in [1.165, 1.54) is 18.2 Å². The summed E-state index contributed by atoms with van der Waals surface area (Å²) in [6.07, 6.45) is 1.10. The Morgan fingerprint density at radius 3 is 2.21 bits per heavy atom.